The van der Waals surface area contributed by atoms with Gasteiger partial charge in [0.15, 0.2) is 11.6 Å². The molecule has 2 rings (SSSR count). The first-order valence-electron chi connectivity index (χ1n) is 6.60. The van der Waals surface area contributed by atoms with E-state index in [1.807, 2.05) is 6.07 Å². The van der Waals surface area contributed by atoms with Crippen molar-refractivity contribution < 1.29 is 9.13 Å². The summed E-state index contributed by atoms with van der Waals surface area (Å²) in [6.07, 6.45) is 5.80. The van der Waals surface area contributed by atoms with E-state index in [9.17, 15) is 4.39 Å². The Morgan fingerprint density at radius 1 is 1.39 bits per heavy atom. The van der Waals surface area contributed by atoms with Crippen molar-refractivity contribution in [2.75, 3.05) is 7.11 Å². The lowest BCUT2D eigenvalue weighted by Crippen LogP contribution is -2.21. The third-order valence-electron chi connectivity index (χ3n) is 4.31. The molecule has 1 saturated carbocycles. The Hall–Kier alpha value is -0.760. The fraction of sp³-hybridized carbons (Fsp3) is 0.600. The van der Waals surface area contributed by atoms with Crippen LogP contribution in [0, 0.1) is 11.2 Å². The van der Waals surface area contributed by atoms with Gasteiger partial charge in [0.25, 0.3) is 0 Å². The number of benzene rings is 1. The largest absolute Gasteiger partial charge is 0.494 e. The fourth-order valence-electron chi connectivity index (χ4n) is 3.06. The normalized spacial score (nSPS) is 19.8. The maximum absolute atomic E-state index is 13.7. The zero-order valence-electron chi connectivity index (χ0n) is 11.0. The van der Waals surface area contributed by atoms with Crippen LogP contribution in [0.25, 0.3) is 0 Å². The number of hydrogen-bond acceptors (Lipinski definition) is 1. The van der Waals surface area contributed by atoms with Gasteiger partial charge in [0, 0.05) is 0 Å². The molecular weight excluding hydrogens is 251 g/mol. The third kappa shape index (κ3) is 2.35. The summed E-state index contributed by atoms with van der Waals surface area (Å²) in [5.41, 5.74) is 1.02. The summed E-state index contributed by atoms with van der Waals surface area (Å²) in [6.45, 7) is 2.18. The van der Waals surface area contributed by atoms with Crippen LogP contribution >= 0.6 is 11.6 Å². The van der Waals surface area contributed by atoms with Gasteiger partial charge >= 0.3 is 0 Å². The van der Waals surface area contributed by atoms with E-state index in [4.69, 9.17) is 16.3 Å². The Balaban J connectivity index is 2.27. The van der Waals surface area contributed by atoms with E-state index < -0.39 is 0 Å². The van der Waals surface area contributed by atoms with E-state index >= 15 is 0 Å². The smallest absolute Gasteiger partial charge is 0.165 e. The molecule has 1 aliphatic rings. The zero-order chi connectivity index (χ0) is 13.2. The Labute approximate surface area is 113 Å². The lowest BCUT2D eigenvalue weighted by molar-refractivity contribution is 0.270. The van der Waals surface area contributed by atoms with Crippen LogP contribution < -0.4 is 4.74 Å². The Morgan fingerprint density at radius 2 is 2.06 bits per heavy atom. The molecule has 1 aliphatic carbocycles. The molecular formula is C15H20ClFO. The monoisotopic (exact) mass is 270 g/mol. The van der Waals surface area contributed by atoms with Crippen molar-refractivity contribution in [1.29, 1.82) is 0 Å². The maximum Gasteiger partial charge on any atom is 0.165 e. The standard InChI is InChI=1S/C15H20ClFO/c1-3-15(8-4-5-9-15)14(16)11-6-7-13(18-2)12(17)10-11/h6-7,10,14H,3-5,8-9H2,1-2H3. The first-order valence-corrected chi connectivity index (χ1v) is 7.04. The number of rotatable bonds is 4. The zero-order valence-corrected chi connectivity index (χ0v) is 11.8. The first kappa shape index (κ1) is 13.7. The highest BCUT2D eigenvalue weighted by Crippen LogP contribution is 2.53. The third-order valence-corrected chi connectivity index (χ3v) is 5.02. The number of methoxy groups -OCH3 is 1. The Kier molecular flexibility index (Phi) is 4.16. The molecule has 1 nitrogen and oxygen atoms in total. The second kappa shape index (κ2) is 5.48. The molecule has 18 heavy (non-hydrogen) atoms. The predicted molar refractivity (Wildman–Crippen MR) is 72.7 cm³/mol. The van der Waals surface area contributed by atoms with Crippen molar-refractivity contribution in [3.05, 3.63) is 29.6 Å². The molecule has 0 aromatic heterocycles. The number of alkyl halides is 1. The van der Waals surface area contributed by atoms with Crippen LogP contribution in [-0.4, -0.2) is 7.11 Å². The Morgan fingerprint density at radius 3 is 2.56 bits per heavy atom. The molecule has 1 unspecified atom stereocenters. The van der Waals surface area contributed by atoms with Gasteiger partial charge in [-0.15, -0.1) is 11.6 Å². The molecule has 0 amide bonds. The molecule has 1 fully saturated rings. The average molecular weight is 271 g/mol. The SMILES string of the molecule is CCC1(C(Cl)c2ccc(OC)c(F)c2)CCCC1. The molecule has 0 N–H and O–H groups in total. The minimum absolute atomic E-state index is 0.106. The molecule has 0 heterocycles. The van der Waals surface area contributed by atoms with Crippen LogP contribution in [0.1, 0.15) is 50.0 Å². The first-order chi connectivity index (χ1) is 8.63. The van der Waals surface area contributed by atoms with Gasteiger partial charge in [0.2, 0.25) is 0 Å². The second-order valence-electron chi connectivity index (χ2n) is 5.18. The van der Waals surface area contributed by atoms with E-state index in [0.717, 1.165) is 24.8 Å². The van der Waals surface area contributed by atoms with Crippen molar-refractivity contribution in [3.63, 3.8) is 0 Å². The van der Waals surface area contributed by atoms with Gasteiger partial charge < -0.3 is 4.74 Å². The van der Waals surface area contributed by atoms with E-state index in [0.29, 0.717) is 0 Å². The Bertz CT molecular complexity index is 413. The quantitative estimate of drug-likeness (QED) is 0.693. The van der Waals surface area contributed by atoms with Crippen LogP contribution in [0.3, 0.4) is 0 Å². The van der Waals surface area contributed by atoms with Crippen molar-refractivity contribution in [3.8, 4) is 5.75 Å². The predicted octanol–water partition coefficient (Wildman–Crippen LogP) is 5.08. The van der Waals surface area contributed by atoms with E-state index in [1.165, 1.54) is 26.0 Å². The summed E-state index contributed by atoms with van der Waals surface area (Å²) in [6, 6.07) is 5.07. The summed E-state index contributed by atoms with van der Waals surface area (Å²) in [7, 11) is 1.47. The average Bonchev–Trinajstić information content (AvgIpc) is 2.87. The highest BCUT2D eigenvalue weighted by molar-refractivity contribution is 6.21. The minimum Gasteiger partial charge on any atom is -0.494 e. The van der Waals surface area contributed by atoms with Gasteiger partial charge in [-0.05, 0) is 42.4 Å². The van der Waals surface area contributed by atoms with E-state index in [1.54, 1.807) is 6.07 Å². The summed E-state index contributed by atoms with van der Waals surface area (Å²) in [5.74, 6) is -0.0514. The molecule has 1 aromatic carbocycles. The highest BCUT2D eigenvalue weighted by atomic mass is 35.5. The summed E-state index contributed by atoms with van der Waals surface area (Å²) >= 11 is 6.63. The topological polar surface area (TPSA) is 9.23 Å². The second-order valence-corrected chi connectivity index (χ2v) is 5.62. The molecule has 0 bridgehead atoms. The molecule has 0 spiro atoms. The van der Waals surface area contributed by atoms with E-state index in [-0.39, 0.29) is 22.4 Å². The molecule has 0 radical (unpaired) electrons. The van der Waals surface area contributed by atoms with Gasteiger partial charge in [0.05, 0.1) is 12.5 Å². The van der Waals surface area contributed by atoms with Crippen molar-refractivity contribution in [1.82, 2.24) is 0 Å². The van der Waals surface area contributed by atoms with Crippen molar-refractivity contribution >= 4 is 11.6 Å². The maximum atomic E-state index is 13.7. The summed E-state index contributed by atoms with van der Waals surface area (Å²) in [5, 5.41) is -0.106. The minimum atomic E-state index is -0.329. The highest BCUT2D eigenvalue weighted by Gasteiger charge is 2.39. The van der Waals surface area contributed by atoms with Crippen LogP contribution in [0.2, 0.25) is 0 Å². The van der Waals surface area contributed by atoms with Crippen LogP contribution in [0.15, 0.2) is 18.2 Å². The van der Waals surface area contributed by atoms with Crippen LogP contribution in [-0.2, 0) is 0 Å². The van der Waals surface area contributed by atoms with Gasteiger partial charge in [-0.25, -0.2) is 4.39 Å². The molecule has 0 aliphatic heterocycles. The van der Waals surface area contributed by atoms with Gasteiger partial charge in [-0.1, -0.05) is 25.8 Å². The molecule has 1 aromatic rings. The lowest BCUT2D eigenvalue weighted by Gasteiger charge is -2.33. The number of ether oxygens (including phenoxy) is 1. The summed E-state index contributed by atoms with van der Waals surface area (Å²) in [4.78, 5) is 0. The lowest BCUT2D eigenvalue weighted by atomic mass is 9.77. The van der Waals surface area contributed by atoms with Gasteiger partial charge in [-0.2, -0.15) is 0 Å². The molecule has 3 heteroatoms. The van der Waals surface area contributed by atoms with Crippen molar-refractivity contribution in [2.45, 2.75) is 44.4 Å². The van der Waals surface area contributed by atoms with E-state index in [2.05, 4.69) is 6.92 Å². The van der Waals surface area contributed by atoms with Crippen LogP contribution in [0.4, 0.5) is 4.39 Å². The fourth-order valence-corrected chi connectivity index (χ4v) is 3.57. The van der Waals surface area contributed by atoms with Crippen molar-refractivity contribution in [2.24, 2.45) is 5.41 Å². The number of halogens is 2. The van der Waals surface area contributed by atoms with Gasteiger partial charge in [-0.3, -0.25) is 0 Å². The number of hydrogen-bond donors (Lipinski definition) is 0. The van der Waals surface area contributed by atoms with Crippen LogP contribution in [0.5, 0.6) is 5.75 Å². The molecule has 0 saturated heterocycles. The summed E-state index contributed by atoms with van der Waals surface area (Å²) < 4.78 is 18.7. The van der Waals surface area contributed by atoms with Gasteiger partial charge in [0.1, 0.15) is 0 Å². The molecule has 100 valence electrons. The molecule has 1 atom stereocenters.